The van der Waals surface area contributed by atoms with Crippen molar-refractivity contribution in [1.82, 2.24) is 0 Å². The minimum Gasteiger partial charge on any atom is -0.507 e. The van der Waals surface area contributed by atoms with Crippen LogP contribution < -0.4 is 0 Å². The number of phenolic OH excluding ortho intramolecular Hbond substituents is 3. The van der Waals surface area contributed by atoms with E-state index >= 15 is 0 Å². The molecular weight excluding hydrogens is 416 g/mol. The molecule has 3 N–H and O–H groups in total. The Morgan fingerprint density at radius 3 is 1.97 bits per heavy atom. The first-order chi connectivity index (χ1) is 14.8. The molecule has 2 atom stereocenters. The number of benzene rings is 1. The zero-order chi connectivity index (χ0) is 24.5. The minimum absolute atomic E-state index is 0.00359. The van der Waals surface area contributed by atoms with Gasteiger partial charge in [-0.05, 0) is 40.0 Å². The molecule has 1 aliphatic carbocycles. The summed E-state index contributed by atoms with van der Waals surface area (Å²) in [7, 11) is 0. The van der Waals surface area contributed by atoms with Gasteiger partial charge in [-0.1, -0.05) is 13.8 Å². The maximum atomic E-state index is 13.1. The Morgan fingerprint density at radius 1 is 0.875 bits per heavy atom. The predicted octanol–water partition coefficient (Wildman–Crippen LogP) is 2.99. The lowest BCUT2D eigenvalue weighted by Gasteiger charge is -2.36. The third-order valence-corrected chi connectivity index (χ3v) is 6.18. The molecule has 0 unspecified atom stereocenters. The van der Waals surface area contributed by atoms with Gasteiger partial charge < -0.3 is 15.3 Å². The van der Waals surface area contributed by atoms with E-state index in [0.717, 1.165) is 0 Å². The first kappa shape index (κ1) is 25.2. The number of ketones is 5. The first-order valence-electron chi connectivity index (χ1n) is 10.8. The summed E-state index contributed by atoms with van der Waals surface area (Å²) in [5, 5.41) is 31.6. The van der Waals surface area contributed by atoms with E-state index in [4.69, 9.17) is 0 Å². The van der Waals surface area contributed by atoms with Crippen LogP contribution in [-0.2, 0) is 25.6 Å². The highest BCUT2D eigenvalue weighted by molar-refractivity contribution is 6.33. The van der Waals surface area contributed by atoms with Crippen molar-refractivity contribution in [2.45, 2.75) is 66.7 Å². The fourth-order valence-corrected chi connectivity index (χ4v) is 4.18. The minimum atomic E-state index is -1.61. The summed E-state index contributed by atoms with van der Waals surface area (Å²) in [6.45, 7) is 7.50. The van der Waals surface area contributed by atoms with E-state index in [1.54, 1.807) is 13.8 Å². The van der Waals surface area contributed by atoms with Crippen molar-refractivity contribution in [3.05, 3.63) is 16.7 Å². The summed E-state index contributed by atoms with van der Waals surface area (Å²) in [5.74, 6) is -8.37. The van der Waals surface area contributed by atoms with Crippen LogP contribution in [0.1, 0.15) is 74.9 Å². The van der Waals surface area contributed by atoms with Crippen LogP contribution in [0.15, 0.2) is 0 Å². The standard InChI is InChI=1S/C24H30O8/c1-6-8-14(25)16-19(28)11(3)18(27)12(20(16)29)10-13-21(30)17(15(26)9-7-2)23(32)24(4,5)22(13)31/h13,17,27-29H,6-10H2,1-5H3/t13-,17-/m1/s1. The summed E-state index contributed by atoms with van der Waals surface area (Å²) < 4.78 is 0. The maximum absolute atomic E-state index is 13.1. The van der Waals surface area contributed by atoms with E-state index in [1.807, 2.05) is 0 Å². The molecule has 2 rings (SSSR count). The molecule has 1 saturated carbocycles. The SMILES string of the molecule is CCCC(=O)c1c(O)c(C)c(O)c(C[C@@H]2C(=O)[C@@H](C(=O)CCC)C(=O)C(C)(C)C2=O)c1O. The van der Waals surface area contributed by atoms with Crippen molar-refractivity contribution >= 4 is 28.9 Å². The average molecular weight is 446 g/mol. The lowest BCUT2D eigenvalue weighted by molar-refractivity contribution is -0.157. The topological polar surface area (TPSA) is 146 Å². The highest BCUT2D eigenvalue weighted by Gasteiger charge is 2.55. The molecule has 0 aliphatic heterocycles. The molecule has 32 heavy (non-hydrogen) atoms. The van der Waals surface area contributed by atoms with E-state index < -0.39 is 69.8 Å². The summed E-state index contributed by atoms with van der Waals surface area (Å²) in [5.41, 5.74) is -2.33. The fraction of sp³-hybridized carbons (Fsp3) is 0.542. The van der Waals surface area contributed by atoms with Crippen LogP contribution in [0.5, 0.6) is 17.2 Å². The van der Waals surface area contributed by atoms with Crippen LogP contribution in [0.4, 0.5) is 0 Å². The number of rotatable bonds is 8. The number of Topliss-reactive ketones (excluding diaryl/α,β-unsaturated/α-hetero) is 5. The maximum Gasteiger partial charge on any atom is 0.170 e. The normalized spacial score (nSPS) is 20.5. The average Bonchev–Trinajstić information content (AvgIpc) is 2.71. The molecule has 0 radical (unpaired) electrons. The first-order valence-corrected chi connectivity index (χ1v) is 10.8. The highest BCUT2D eigenvalue weighted by atomic mass is 16.3. The molecular formula is C24H30O8. The Balaban J connectivity index is 2.62. The van der Waals surface area contributed by atoms with Gasteiger partial charge in [0.1, 0.15) is 28.7 Å². The van der Waals surface area contributed by atoms with Gasteiger partial charge in [0.05, 0.1) is 11.3 Å². The Kier molecular flexibility index (Phi) is 7.27. The van der Waals surface area contributed by atoms with Crippen molar-refractivity contribution in [2.24, 2.45) is 17.3 Å². The van der Waals surface area contributed by atoms with E-state index in [1.165, 1.54) is 20.8 Å². The van der Waals surface area contributed by atoms with Crippen molar-refractivity contribution in [3.63, 3.8) is 0 Å². The summed E-state index contributed by atoms with van der Waals surface area (Å²) in [4.78, 5) is 63.9. The van der Waals surface area contributed by atoms with Gasteiger partial charge in [0.25, 0.3) is 0 Å². The molecule has 8 heteroatoms. The van der Waals surface area contributed by atoms with E-state index in [9.17, 15) is 39.3 Å². The molecule has 0 spiro atoms. The number of hydrogen-bond acceptors (Lipinski definition) is 8. The Morgan fingerprint density at radius 2 is 1.44 bits per heavy atom. The Hall–Kier alpha value is -3.03. The fourth-order valence-electron chi connectivity index (χ4n) is 4.18. The molecule has 1 aromatic rings. The van der Waals surface area contributed by atoms with E-state index in [2.05, 4.69) is 0 Å². The molecule has 8 nitrogen and oxygen atoms in total. The summed E-state index contributed by atoms with van der Waals surface area (Å²) in [6.07, 6.45) is 0.404. The third kappa shape index (κ3) is 4.06. The van der Waals surface area contributed by atoms with Crippen molar-refractivity contribution in [3.8, 4) is 17.2 Å². The molecule has 0 saturated heterocycles. The van der Waals surface area contributed by atoms with Crippen LogP contribution in [-0.4, -0.2) is 44.2 Å². The monoisotopic (exact) mass is 446 g/mol. The summed E-state index contributed by atoms with van der Waals surface area (Å²) >= 11 is 0. The van der Waals surface area contributed by atoms with Gasteiger partial charge in [-0.15, -0.1) is 0 Å². The second-order valence-electron chi connectivity index (χ2n) is 8.86. The van der Waals surface area contributed by atoms with Crippen LogP contribution in [0.3, 0.4) is 0 Å². The molecule has 0 aromatic heterocycles. The van der Waals surface area contributed by atoms with Crippen molar-refractivity contribution in [2.75, 3.05) is 0 Å². The van der Waals surface area contributed by atoms with Gasteiger partial charge in [-0.3, -0.25) is 24.0 Å². The van der Waals surface area contributed by atoms with Gasteiger partial charge in [0, 0.05) is 24.0 Å². The summed E-state index contributed by atoms with van der Waals surface area (Å²) in [6, 6.07) is 0. The van der Waals surface area contributed by atoms with Gasteiger partial charge in [-0.2, -0.15) is 0 Å². The zero-order valence-corrected chi connectivity index (χ0v) is 19.1. The largest absolute Gasteiger partial charge is 0.507 e. The lowest BCUT2D eigenvalue weighted by Crippen LogP contribution is -2.55. The quantitative estimate of drug-likeness (QED) is 0.408. The van der Waals surface area contributed by atoms with Crippen molar-refractivity contribution < 1.29 is 39.3 Å². The van der Waals surface area contributed by atoms with Gasteiger partial charge in [0.2, 0.25) is 0 Å². The van der Waals surface area contributed by atoms with Crippen LogP contribution >= 0.6 is 0 Å². The Bertz CT molecular complexity index is 1000. The van der Waals surface area contributed by atoms with Crippen LogP contribution in [0, 0.1) is 24.2 Å². The zero-order valence-electron chi connectivity index (χ0n) is 19.1. The molecule has 0 bridgehead atoms. The molecule has 0 amide bonds. The Labute approximate surface area is 186 Å². The number of carbonyl (C=O) groups is 5. The number of hydrogen-bond donors (Lipinski definition) is 3. The molecule has 1 aliphatic rings. The molecule has 1 aromatic carbocycles. The number of aromatic hydroxyl groups is 3. The highest BCUT2D eigenvalue weighted by Crippen LogP contribution is 2.45. The van der Waals surface area contributed by atoms with Gasteiger partial charge in [0.15, 0.2) is 28.9 Å². The third-order valence-electron chi connectivity index (χ3n) is 6.18. The van der Waals surface area contributed by atoms with Gasteiger partial charge >= 0.3 is 0 Å². The molecule has 1 fully saturated rings. The number of phenols is 3. The second-order valence-corrected chi connectivity index (χ2v) is 8.86. The number of carbonyl (C=O) groups excluding carboxylic acids is 5. The lowest BCUT2D eigenvalue weighted by atomic mass is 9.62. The van der Waals surface area contributed by atoms with Gasteiger partial charge in [-0.25, -0.2) is 0 Å². The van der Waals surface area contributed by atoms with E-state index in [-0.39, 0.29) is 29.5 Å². The molecule has 0 heterocycles. The second kappa shape index (κ2) is 9.22. The van der Waals surface area contributed by atoms with Crippen LogP contribution in [0.2, 0.25) is 0 Å². The molecule has 174 valence electrons. The van der Waals surface area contributed by atoms with Crippen LogP contribution in [0.25, 0.3) is 0 Å². The smallest absolute Gasteiger partial charge is 0.170 e. The predicted molar refractivity (Wildman–Crippen MR) is 115 cm³/mol. The van der Waals surface area contributed by atoms with Crippen molar-refractivity contribution in [1.29, 1.82) is 0 Å². The van der Waals surface area contributed by atoms with E-state index in [0.29, 0.717) is 12.8 Å².